The normalized spacial score (nSPS) is 15.8. The van der Waals surface area contributed by atoms with Crippen LogP contribution in [0, 0.1) is 0 Å². The number of likely N-dealkylation sites (tertiary alicyclic amines) is 1. The number of unbranched alkanes of at least 4 members (excludes halogenated alkanes) is 1. The molecule has 1 aromatic carbocycles. The molecule has 0 bridgehead atoms. The lowest BCUT2D eigenvalue weighted by molar-refractivity contribution is -0.132. The zero-order valence-electron chi connectivity index (χ0n) is 13.8. The second-order valence-corrected chi connectivity index (χ2v) is 6.01. The Morgan fingerprint density at radius 3 is 2.57 bits per heavy atom. The summed E-state index contributed by atoms with van der Waals surface area (Å²) in [5.74, 6) is 0.185. The quantitative estimate of drug-likeness (QED) is 0.821. The monoisotopic (exact) mass is 314 g/mol. The molecule has 23 heavy (non-hydrogen) atoms. The van der Waals surface area contributed by atoms with E-state index in [2.05, 4.69) is 12.2 Å². The van der Waals surface area contributed by atoms with Crippen LogP contribution in [0.5, 0.6) is 0 Å². The van der Waals surface area contributed by atoms with Gasteiger partial charge in [0.05, 0.1) is 0 Å². The average Bonchev–Trinajstić information content (AvgIpc) is 2.59. The average molecular weight is 314 g/mol. The lowest BCUT2D eigenvalue weighted by Gasteiger charge is -2.32. The molecule has 0 radical (unpaired) electrons. The van der Waals surface area contributed by atoms with Crippen LogP contribution in [0.15, 0.2) is 36.4 Å². The molecule has 2 rings (SSSR count). The number of amides is 2. The summed E-state index contributed by atoms with van der Waals surface area (Å²) < 4.78 is 0. The van der Waals surface area contributed by atoms with Crippen molar-refractivity contribution in [3.05, 3.63) is 42.0 Å². The number of benzene rings is 1. The van der Waals surface area contributed by atoms with E-state index in [1.807, 2.05) is 41.3 Å². The van der Waals surface area contributed by atoms with Crippen molar-refractivity contribution < 1.29 is 9.59 Å². The van der Waals surface area contributed by atoms with E-state index >= 15 is 0 Å². The third-order valence-corrected chi connectivity index (χ3v) is 4.16. The number of rotatable bonds is 6. The van der Waals surface area contributed by atoms with E-state index in [0.717, 1.165) is 44.3 Å². The predicted molar refractivity (Wildman–Crippen MR) is 92.7 cm³/mol. The number of piperidine rings is 1. The van der Waals surface area contributed by atoms with Gasteiger partial charge >= 0.3 is 0 Å². The maximum atomic E-state index is 12.0. The van der Waals surface area contributed by atoms with E-state index in [1.54, 1.807) is 6.08 Å². The first-order valence-corrected chi connectivity index (χ1v) is 8.50. The number of hydrogen-bond donors (Lipinski definition) is 1. The molecule has 1 saturated heterocycles. The first-order chi connectivity index (χ1) is 11.2. The van der Waals surface area contributed by atoms with Gasteiger partial charge in [-0.15, -0.1) is 0 Å². The van der Waals surface area contributed by atoms with Crippen LogP contribution in [0.4, 0.5) is 0 Å². The van der Waals surface area contributed by atoms with Gasteiger partial charge in [-0.3, -0.25) is 9.59 Å². The highest BCUT2D eigenvalue weighted by Gasteiger charge is 2.22. The Balaban J connectivity index is 1.72. The number of nitrogens with one attached hydrogen (secondary N) is 1. The van der Waals surface area contributed by atoms with Gasteiger partial charge in [0.1, 0.15) is 0 Å². The number of carbonyl (C=O) groups excluding carboxylic acids is 2. The standard InChI is InChI=1S/C19H26N2O2/c1-2-3-9-19(23)21-14-12-17(13-15-21)20-18(22)11-10-16-7-5-4-6-8-16/h4-8,10-11,17H,2-3,9,12-15H2,1H3,(H,20,22)/b11-10+. The number of nitrogens with zero attached hydrogens (tertiary/aromatic N) is 1. The summed E-state index contributed by atoms with van der Waals surface area (Å²) in [4.78, 5) is 25.9. The molecular formula is C19H26N2O2. The predicted octanol–water partition coefficient (Wildman–Crippen LogP) is 3.00. The SMILES string of the molecule is CCCCC(=O)N1CCC(NC(=O)/C=C/c2ccccc2)CC1. The highest BCUT2D eigenvalue weighted by molar-refractivity contribution is 5.91. The van der Waals surface area contributed by atoms with Crippen LogP contribution in [-0.2, 0) is 9.59 Å². The Kier molecular flexibility index (Phi) is 6.85. The van der Waals surface area contributed by atoms with Crippen LogP contribution in [-0.4, -0.2) is 35.8 Å². The first-order valence-electron chi connectivity index (χ1n) is 8.50. The first kappa shape index (κ1) is 17.3. The molecule has 1 fully saturated rings. The van der Waals surface area contributed by atoms with E-state index < -0.39 is 0 Å². The molecule has 0 aromatic heterocycles. The van der Waals surface area contributed by atoms with Gasteiger partial charge in [0, 0.05) is 31.6 Å². The number of hydrogen-bond acceptors (Lipinski definition) is 2. The summed E-state index contributed by atoms with van der Waals surface area (Å²) in [6.45, 7) is 3.59. The molecule has 1 aromatic rings. The molecule has 4 heteroatoms. The van der Waals surface area contributed by atoms with E-state index in [1.165, 1.54) is 0 Å². The van der Waals surface area contributed by atoms with Crippen molar-refractivity contribution in [1.82, 2.24) is 10.2 Å². The Morgan fingerprint density at radius 2 is 1.91 bits per heavy atom. The molecule has 0 unspecified atom stereocenters. The molecule has 124 valence electrons. The molecule has 1 aliphatic rings. The van der Waals surface area contributed by atoms with Crippen LogP contribution in [0.1, 0.15) is 44.6 Å². The summed E-state index contributed by atoms with van der Waals surface area (Å²) >= 11 is 0. The lowest BCUT2D eigenvalue weighted by atomic mass is 10.0. The van der Waals surface area contributed by atoms with Gasteiger partial charge in [-0.1, -0.05) is 43.7 Å². The fraction of sp³-hybridized carbons (Fsp3) is 0.474. The summed E-state index contributed by atoms with van der Waals surface area (Å²) in [5.41, 5.74) is 1.01. The smallest absolute Gasteiger partial charge is 0.244 e. The molecule has 1 heterocycles. The Bertz CT molecular complexity index is 532. The van der Waals surface area contributed by atoms with Gasteiger partial charge in [-0.25, -0.2) is 0 Å². The molecule has 2 amide bonds. The van der Waals surface area contributed by atoms with Crippen molar-refractivity contribution in [3.63, 3.8) is 0 Å². The molecule has 1 N–H and O–H groups in total. The molecule has 1 aliphatic heterocycles. The second kappa shape index (κ2) is 9.13. The maximum absolute atomic E-state index is 12.0. The van der Waals surface area contributed by atoms with Gasteiger partial charge in [-0.05, 0) is 30.9 Å². The van der Waals surface area contributed by atoms with Crippen molar-refractivity contribution in [2.45, 2.75) is 45.1 Å². The molecule has 0 aliphatic carbocycles. The summed E-state index contributed by atoms with van der Waals surface area (Å²) in [6.07, 6.45) is 7.72. The van der Waals surface area contributed by atoms with Crippen molar-refractivity contribution in [2.75, 3.05) is 13.1 Å². The van der Waals surface area contributed by atoms with E-state index in [-0.39, 0.29) is 17.9 Å². The molecule has 4 nitrogen and oxygen atoms in total. The zero-order valence-corrected chi connectivity index (χ0v) is 13.8. The van der Waals surface area contributed by atoms with Crippen LogP contribution in [0.3, 0.4) is 0 Å². The molecular weight excluding hydrogens is 288 g/mol. The summed E-state index contributed by atoms with van der Waals surface area (Å²) in [7, 11) is 0. The lowest BCUT2D eigenvalue weighted by Crippen LogP contribution is -2.46. The Hall–Kier alpha value is -2.10. The minimum Gasteiger partial charge on any atom is -0.350 e. The van der Waals surface area contributed by atoms with Crippen LogP contribution in [0.25, 0.3) is 6.08 Å². The van der Waals surface area contributed by atoms with Gasteiger partial charge in [0.2, 0.25) is 11.8 Å². The van der Waals surface area contributed by atoms with Crippen molar-refractivity contribution >= 4 is 17.9 Å². The molecule has 0 spiro atoms. The van der Waals surface area contributed by atoms with Gasteiger partial charge in [-0.2, -0.15) is 0 Å². The third kappa shape index (κ3) is 5.89. The minimum atomic E-state index is -0.0652. The van der Waals surface area contributed by atoms with Crippen LogP contribution >= 0.6 is 0 Å². The summed E-state index contributed by atoms with van der Waals surface area (Å²) in [6, 6.07) is 9.94. The van der Waals surface area contributed by atoms with Crippen molar-refractivity contribution in [3.8, 4) is 0 Å². The fourth-order valence-electron chi connectivity index (χ4n) is 2.74. The van der Waals surface area contributed by atoms with Crippen molar-refractivity contribution in [2.24, 2.45) is 0 Å². The van der Waals surface area contributed by atoms with Crippen molar-refractivity contribution in [1.29, 1.82) is 0 Å². The van der Waals surface area contributed by atoms with Gasteiger partial charge in [0.15, 0.2) is 0 Å². The fourth-order valence-corrected chi connectivity index (χ4v) is 2.74. The number of carbonyl (C=O) groups is 2. The zero-order chi connectivity index (χ0) is 16.5. The Morgan fingerprint density at radius 1 is 1.22 bits per heavy atom. The van der Waals surface area contributed by atoms with E-state index in [9.17, 15) is 9.59 Å². The highest BCUT2D eigenvalue weighted by Crippen LogP contribution is 2.12. The second-order valence-electron chi connectivity index (χ2n) is 6.01. The van der Waals surface area contributed by atoms with Crippen LogP contribution in [0.2, 0.25) is 0 Å². The third-order valence-electron chi connectivity index (χ3n) is 4.16. The minimum absolute atomic E-state index is 0.0652. The van der Waals surface area contributed by atoms with E-state index in [4.69, 9.17) is 0 Å². The van der Waals surface area contributed by atoms with E-state index in [0.29, 0.717) is 6.42 Å². The van der Waals surface area contributed by atoms with Gasteiger partial charge in [0.25, 0.3) is 0 Å². The summed E-state index contributed by atoms with van der Waals surface area (Å²) in [5, 5.41) is 3.03. The maximum Gasteiger partial charge on any atom is 0.244 e. The van der Waals surface area contributed by atoms with Crippen LogP contribution < -0.4 is 5.32 Å². The largest absolute Gasteiger partial charge is 0.350 e. The van der Waals surface area contributed by atoms with Gasteiger partial charge < -0.3 is 10.2 Å². The Labute approximate surface area is 138 Å². The topological polar surface area (TPSA) is 49.4 Å². The highest BCUT2D eigenvalue weighted by atomic mass is 16.2. The molecule has 0 atom stereocenters. The molecule has 0 saturated carbocycles.